The smallest absolute Gasteiger partial charge is 0.261 e. The summed E-state index contributed by atoms with van der Waals surface area (Å²) in [6, 6.07) is 9.58. The average Bonchev–Trinajstić information content (AvgIpc) is 2.85. The van der Waals surface area contributed by atoms with Gasteiger partial charge in [0.05, 0.1) is 11.1 Å². The van der Waals surface area contributed by atoms with Crippen LogP contribution in [0, 0.1) is 0 Å². The molecule has 0 radical (unpaired) electrons. The zero-order valence-electron chi connectivity index (χ0n) is 13.4. The summed E-state index contributed by atoms with van der Waals surface area (Å²) in [5.41, 5.74) is 1.47. The molecule has 4 rings (SSSR count). The van der Waals surface area contributed by atoms with Crippen molar-refractivity contribution in [2.45, 2.75) is 0 Å². The number of anilines is 1. The van der Waals surface area contributed by atoms with Crippen molar-refractivity contribution in [3.8, 4) is 11.5 Å². The molecule has 3 amide bonds. The number of rotatable bonds is 2. The Kier molecular flexibility index (Phi) is 3.42. The molecule has 0 aromatic heterocycles. The van der Waals surface area contributed by atoms with Crippen LogP contribution in [0.5, 0.6) is 11.5 Å². The molecule has 0 saturated heterocycles. The second-order valence-corrected chi connectivity index (χ2v) is 5.74. The largest absolute Gasteiger partial charge is 0.486 e. The van der Waals surface area contributed by atoms with Gasteiger partial charge in [0.15, 0.2) is 11.5 Å². The van der Waals surface area contributed by atoms with Crippen molar-refractivity contribution in [1.82, 2.24) is 4.90 Å². The molecule has 0 aliphatic carbocycles. The third-order valence-electron chi connectivity index (χ3n) is 4.15. The van der Waals surface area contributed by atoms with E-state index in [1.165, 1.54) is 13.1 Å². The van der Waals surface area contributed by atoms with E-state index in [9.17, 15) is 14.4 Å². The van der Waals surface area contributed by atoms with Gasteiger partial charge in [0, 0.05) is 18.3 Å². The third-order valence-corrected chi connectivity index (χ3v) is 4.15. The fourth-order valence-electron chi connectivity index (χ4n) is 2.83. The number of carbonyl (C=O) groups excluding carboxylic acids is 3. The van der Waals surface area contributed by atoms with Crippen LogP contribution in [0.4, 0.5) is 5.69 Å². The summed E-state index contributed by atoms with van der Waals surface area (Å²) in [6.07, 6.45) is 0. The minimum atomic E-state index is -0.379. The van der Waals surface area contributed by atoms with E-state index >= 15 is 0 Å². The molecule has 2 aliphatic rings. The molecule has 2 aromatic rings. The van der Waals surface area contributed by atoms with Crippen molar-refractivity contribution in [3.05, 3.63) is 53.1 Å². The molecule has 25 heavy (non-hydrogen) atoms. The normalized spacial score (nSPS) is 15.2. The summed E-state index contributed by atoms with van der Waals surface area (Å²) < 4.78 is 10.9. The van der Waals surface area contributed by atoms with E-state index in [1.54, 1.807) is 30.3 Å². The predicted molar refractivity (Wildman–Crippen MR) is 88.3 cm³/mol. The molecule has 0 atom stereocenters. The SMILES string of the molecule is CN1C(=O)c2ccc(NC(=O)c3ccc4c(c3)OCCO4)cc2C1=O. The van der Waals surface area contributed by atoms with E-state index in [-0.39, 0.29) is 23.3 Å². The number of imide groups is 1. The van der Waals surface area contributed by atoms with Gasteiger partial charge in [-0.05, 0) is 36.4 Å². The highest BCUT2D eigenvalue weighted by molar-refractivity contribution is 6.21. The Morgan fingerprint density at radius 1 is 0.960 bits per heavy atom. The van der Waals surface area contributed by atoms with E-state index in [0.29, 0.717) is 41.5 Å². The molecular weight excluding hydrogens is 324 g/mol. The van der Waals surface area contributed by atoms with Crippen LogP contribution in [0.15, 0.2) is 36.4 Å². The van der Waals surface area contributed by atoms with Gasteiger partial charge in [0.1, 0.15) is 13.2 Å². The lowest BCUT2D eigenvalue weighted by molar-refractivity contribution is 0.0692. The number of ether oxygens (including phenoxy) is 2. The fraction of sp³-hybridized carbons (Fsp3) is 0.167. The van der Waals surface area contributed by atoms with Crippen LogP contribution < -0.4 is 14.8 Å². The van der Waals surface area contributed by atoms with Crippen LogP contribution in [-0.2, 0) is 0 Å². The number of nitrogens with one attached hydrogen (secondary N) is 1. The van der Waals surface area contributed by atoms with Gasteiger partial charge < -0.3 is 14.8 Å². The van der Waals surface area contributed by atoms with E-state index < -0.39 is 0 Å². The van der Waals surface area contributed by atoms with Crippen LogP contribution in [0.25, 0.3) is 0 Å². The van der Waals surface area contributed by atoms with Gasteiger partial charge >= 0.3 is 0 Å². The van der Waals surface area contributed by atoms with Crippen molar-refractivity contribution >= 4 is 23.4 Å². The van der Waals surface area contributed by atoms with Crippen molar-refractivity contribution in [2.24, 2.45) is 0 Å². The topological polar surface area (TPSA) is 84.9 Å². The maximum atomic E-state index is 12.4. The summed E-state index contributed by atoms with van der Waals surface area (Å²) in [6.45, 7) is 0.918. The molecule has 7 heteroatoms. The first-order chi connectivity index (χ1) is 12.0. The fourth-order valence-corrected chi connectivity index (χ4v) is 2.83. The third kappa shape index (κ3) is 2.50. The highest BCUT2D eigenvalue weighted by atomic mass is 16.6. The summed E-state index contributed by atoms with van der Waals surface area (Å²) in [5, 5.41) is 2.73. The lowest BCUT2D eigenvalue weighted by Crippen LogP contribution is -2.24. The van der Waals surface area contributed by atoms with E-state index in [4.69, 9.17) is 9.47 Å². The van der Waals surface area contributed by atoms with Gasteiger partial charge in [-0.2, -0.15) is 0 Å². The summed E-state index contributed by atoms with van der Waals surface area (Å²) >= 11 is 0. The molecule has 7 nitrogen and oxygen atoms in total. The second kappa shape index (κ2) is 5.62. The zero-order valence-corrected chi connectivity index (χ0v) is 13.4. The highest BCUT2D eigenvalue weighted by Crippen LogP contribution is 2.31. The molecule has 0 fully saturated rings. The molecule has 2 aliphatic heterocycles. The summed E-state index contributed by atoms with van der Waals surface area (Å²) in [7, 11) is 1.43. The second-order valence-electron chi connectivity index (χ2n) is 5.74. The Bertz CT molecular complexity index is 922. The van der Waals surface area contributed by atoms with E-state index in [1.807, 2.05) is 0 Å². The Hall–Kier alpha value is -3.35. The van der Waals surface area contributed by atoms with E-state index in [0.717, 1.165) is 4.90 Å². The number of hydrogen-bond donors (Lipinski definition) is 1. The van der Waals surface area contributed by atoms with Crippen LogP contribution in [0.3, 0.4) is 0 Å². The predicted octanol–water partition coefficient (Wildman–Crippen LogP) is 1.94. The monoisotopic (exact) mass is 338 g/mol. The quantitative estimate of drug-likeness (QED) is 0.846. The van der Waals surface area contributed by atoms with Crippen molar-refractivity contribution in [1.29, 1.82) is 0 Å². The maximum absolute atomic E-state index is 12.4. The number of nitrogens with zero attached hydrogens (tertiary/aromatic N) is 1. The van der Waals surface area contributed by atoms with Gasteiger partial charge in [-0.15, -0.1) is 0 Å². The van der Waals surface area contributed by atoms with Crippen molar-refractivity contribution in [2.75, 3.05) is 25.6 Å². The molecule has 0 saturated carbocycles. The van der Waals surface area contributed by atoms with Crippen LogP contribution in [0.1, 0.15) is 31.1 Å². The molecular formula is C18H14N2O5. The van der Waals surface area contributed by atoms with Crippen LogP contribution >= 0.6 is 0 Å². The number of fused-ring (bicyclic) bond motifs is 2. The molecule has 2 heterocycles. The Labute approximate surface area is 143 Å². The highest BCUT2D eigenvalue weighted by Gasteiger charge is 2.32. The molecule has 0 unspecified atom stereocenters. The van der Waals surface area contributed by atoms with Gasteiger partial charge in [-0.1, -0.05) is 0 Å². The van der Waals surface area contributed by atoms with Crippen LogP contribution in [-0.4, -0.2) is 42.9 Å². The summed E-state index contributed by atoms with van der Waals surface area (Å²) in [4.78, 5) is 37.4. The lowest BCUT2D eigenvalue weighted by Gasteiger charge is -2.18. The Morgan fingerprint density at radius 3 is 2.48 bits per heavy atom. The summed E-state index contributed by atoms with van der Waals surface area (Å²) in [5.74, 6) is 0.0601. The zero-order chi connectivity index (χ0) is 17.6. The van der Waals surface area contributed by atoms with Gasteiger partial charge in [0.2, 0.25) is 0 Å². The number of benzene rings is 2. The molecule has 2 aromatic carbocycles. The lowest BCUT2D eigenvalue weighted by atomic mass is 10.1. The average molecular weight is 338 g/mol. The first kappa shape index (κ1) is 15.2. The first-order valence-corrected chi connectivity index (χ1v) is 7.72. The molecule has 126 valence electrons. The number of amides is 3. The molecule has 1 N–H and O–H groups in total. The van der Waals surface area contributed by atoms with Gasteiger partial charge in [0.25, 0.3) is 17.7 Å². The van der Waals surface area contributed by atoms with Crippen molar-refractivity contribution in [3.63, 3.8) is 0 Å². The maximum Gasteiger partial charge on any atom is 0.261 e. The first-order valence-electron chi connectivity index (χ1n) is 7.72. The van der Waals surface area contributed by atoms with Gasteiger partial charge in [-0.3, -0.25) is 19.3 Å². The van der Waals surface area contributed by atoms with Gasteiger partial charge in [-0.25, -0.2) is 0 Å². The van der Waals surface area contributed by atoms with Crippen molar-refractivity contribution < 1.29 is 23.9 Å². The number of hydrogen-bond acceptors (Lipinski definition) is 5. The number of carbonyl (C=O) groups is 3. The minimum Gasteiger partial charge on any atom is -0.486 e. The standard InChI is InChI=1S/C18H14N2O5/c1-20-17(22)12-4-3-11(9-13(12)18(20)23)19-16(21)10-2-5-14-15(8-10)25-7-6-24-14/h2-5,8-9H,6-7H2,1H3,(H,19,21). The molecule has 0 bridgehead atoms. The minimum absolute atomic E-state index is 0.285. The van der Waals surface area contributed by atoms with E-state index in [2.05, 4.69) is 5.32 Å². The van der Waals surface area contributed by atoms with Crippen LogP contribution in [0.2, 0.25) is 0 Å². The molecule has 0 spiro atoms. The Balaban J connectivity index is 1.58. The Morgan fingerprint density at radius 2 is 1.68 bits per heavy atom.